The van der Waals surface area contributed by atoms with E-state index in [1.165, 1.54) is 9.71 Å². The summed E-state index contributed by atoms with van der Waals surface area (Å²) in [6.45, 7) is 7.65. The fraction of sp³-hybridized carbons (Fsp3) is 0.375. The van der Waals surface area contributed by atoms with E-state index in [1.807, 2.05) is 13.0 Å². The van der Waals surface area contributed by atoms with E-state index < -0.39 is 0 Å². The van der Waals surface area contributed by atoms with Gasteiger partial charge in [-0.05, 0) is 44.1 Å². The molecule has 0 spiro atoms. The summed E-state index contributed by atoms with van der Waals surface area (Å²) in [4.78, 5) is 7.07. The van der Waals surface area contributed by atoms with E-state index in [2.05, 4.69) is 35.0 Å². The second-order valence-electron chi connectivity index (χ2n) is 5.49. The Bertz CT molecular complexity index is 644. The van der Waals surface area contributed by atoms with Gasteiger partial charge in [0.15, 0.2) is 5.11 Å². The van der Waals surface area contributed by atoms with Crippen molar-refractivity contribution >= 4 is 38.9 Å². The number of aromatic nitrogens is 1. The van der Waals surface area contributed by atoms with Gasteiger partial charge >= 0.3 is 0 Å². The summed E-state index contributed by atoms with van der Waals surface area (Å²) in [5.74, 6) is 0. The van der Waals surface area contributed by atoms with Gasteiger partial charge in [-0.3, -0.25) is 0 Å². The lowest BCUT2D eigenvalue weighted by molar-refractivity contribution is 0.394. The molecule has 3 rings (SSSR count). The maximum Gasteiger partial charge on any atom is 0.169 e. The molecule has 1 aliphatic heterocycles. The first kappa shape index (κ1) is 14.5. The molecule has 1 atom stereocenters. The topological polar surface area (TPSA) is 28.2 Å². The molecule has 110 valence electrons. The monoisotopic (exact) mass is 317 g/mol. The van der Waals surface area contributed by atoms with Crippen molar-refractivity contribution in [2.45, 2.75) is 25.8 Å². The number of benzene rings is 1. The first-order chi connectivity index (χ1) is 10.1. The van der Waals surface area contributed by atoms with Gasteiger partial charge in [0, 0.05) is 13.1 Å². The zero-order valence-electron chi connectivity index (χ0n) is 12.1. The van der Waals surface area contributed by atoms with Crippen LogP contribution >= 0.6 is 23.6 Å². The maximum absolute atomic E-state index is 5.54. The average Bonchev–Trinajstić information content (AvgIpc) is 3.10. The number of thiazole rings is 1. The van der Waals surface area contributed by atoms with Crippen molar-refractivity contribution in [3.05, 3.63) is 41.4 Å². The number of nitrogens with zero attached hydrogens (tertiary/aromatic N) is 2. The second-order valence-corrected chi connectivity index (χ2v) is 6.94. The molecule has 2 aromatic rings. The number of thiocarbonyl (C=S) groups is 1. The third-order valence-corrected chi connectivity index (χ3v) is 5.17. The fourth-order valence-electron chi connectivity index (χ4n) is 2.63. The molecule has 5 heteroatoms. The number of likely N-dealkylation sites (tertiary alicyclic amines) is 1. The van der Waals surface area contributed by atoms with E-state index in [0.717, 1.165) is 42.1 Å². The largest absolute Gasteiger partial charge is 0.359 e. The lowest BCUT2D eigenvalue weighted by atomic mass is 10.2. The number of fused-ring (bicyclic) bond motifs is 1. The summed E-state index contributed by atoms with van der Waals surface area (Å²) in [6, 6.07) is 8.62. The van der Waals surface area contributed by atoms with Gasteiger partial charge in [-0.1, -0.05) is 24.3 Å². The van der Waals surface area contributed by atoms with Crippen molar-refractivity contribution in [2.24, 2.45) is 0 Å². The van der Waals surface area contributed by atoms with Crippen LogP contribution in [0.4, 0.5) is 0 Å². The van der Waals surface area contributed by atoms with E-state index in [9.17, 15) is 0 Å². The van der Waals surface area contributed by atoms with Crippen LogP contribution in [0.2, 0.25) is 0 Å². The third kappa shape index (κ3) is 3.09. The Balaban J connectivity index is 1.79. The molecule has 0 saturated carbocycles. The Morgan fingerprint density at radius 2 is 2.33 bits per heavy atom. The van der Waals surface area contributed by atoms with E-state index in [4.69, 9.17) is 17.2 Å². The predicted molar refractivity (Wildman–Crippen MR) is 93.7 cm³/mol. The van der Waals surface area contributed by atoms with Crippen LogP contribution < -0.4 is 5.32 Å². The van der Waals surface area contributed by atoms with Crippen LogP contribution in [0.5, 0.6) is 0 Å². The summed E-state index contributed by atoms with van der Waals surface area (Å²) in [5, 5.41) is 5.29. The molecule has 2 heterocycles. The Labute approximate surface area is 134 Å². The molecule has 0 amide bonds. The van der Waals surface area contributed by atoms with Crippen molar-refractivity contribution in [3.8, 4) is 0 Å². The van der Waals surface area contributed by atoms with Crippen LogP contribution in [0.3, 0.4) is 0 Å². The normalized spacial score (nSPS) is 18.1. The Morgan fingerprint density at radius 1 is 1.52 bits per heavy atom. The lowest BCUT2D eigenvalue weighted by Gasteiger charge is -2.26. The van der Waals surface area contributed by atoms with Gasteiger partial charge in [0.2, 0.25) is 0 Å². The van der Waals surface area contributed by atoms with E-state index in [-0.39, 0.29) is 0 Å². The van der Waals surface area contributed by atoms with Crippen LogP contribution in [-0.4, -0.2) is 28.1 Å². The van der Waals surface area contributed by atoms with Gasteiger partial charge in [-0.15, -0.1) is 11.3 Å². The summed E-state index contributed by atoms with van der Waals surface area (Å²) in [6.07, 6.45) is 2.28. The first-order valence-corrected chi connectivity index (χ1v) is 8.42. The zero-order chi connectivity index (χ0) is 14.8. The van der Waals surface area contributed by atoms with Gasteiger partial charge < -0.3 is 10.2 Å². The van der Waals surface area contributed by atoms with Crippen molar-refractivity contribution in [1.29, 1.82) is 0 Å². The number of hydrogen-bond donors (Lipinski definition) is 1. The zero-order valence-corrected chi connectivity index (χ0v) is 13.8. The van der Waals surface area contributed by atoms with Crippen molar-refractivity contribution in [2.75, 3.05) is 13.1 Å². The molecule has 1 N–H and O–H groups in total. The van der Waals surface area contributed by atoms with Gasteiger partial charge in [0.25, 0.3) is 0 Å². The van der Waals surface area contributed by atoms with Gasteiger partial charge in [0.1, 0.15) is 5.01 Å². The number of nitrogens with one attached hydrogen (secondary N) is 1. The molecule has 21 heavy (non-hydrogen) atoms. The molecule has 1 fully saturated rings. The highest BCUT2D eigenvalue weighted by Gasteiger charge is 2.30. The molecule has 0 aliphatic carbocycles. The van der Waals surface area contributed by atoms with Crippen molar-refractivity contribution in [3.63, 3.8) is 0 Å². The highest BCUT2D eigenvalue weighted by atomic mass is 32.1. The molecule has 0 unspecified atom stereocenters. The molecule has 3 nitrogen and oxygen atoms in total. The summed E-state index contributed by atoms with van der Waals surface area (Å²) < 4.78 is 1.25. The highest BCUT2D eigenvalue weighted by Crippen LogP contribution is 2.36. The van der Waals surface area contributed by atoms with Crippen LogP contribution in [0, 0.1) is 0 Å². The van der Waals surface area contributed by atoms with Gasteiger partial charge in [0.05, 0.1) is 16.3 Å². The van der Waals surface area contributed by atoms with Crippen molar-refractivity contribution < 1.29 is 0 Å². The maximum atomic E-state index is 5.54. The Morgan fingerprint density at radius 3 is 3.10 bits per heavy atom. The minimum atomic E-state index is 0.313. The Hall–Kier alpha value is -1.46. The quantitative estimate of drug-likeness (QED) is 0.687. The smallest absolute Gasteiger partial charge is 0.169 e. The molecular weight excluding hydrogens is 298 g/mol. The molecular formula is C16H19N3S2. The van der Waals surface area contributed by atoms with Crippen LogP contribution in [0.25, 0.3) is 10.2 Å². The molecule has 1 saturated heterocycles. The Kier molecular flexibility index (Phi) is 4.22. The summed E-state index contributed by atoms with van der Waals surface area (Å²) in [5.41, 5.74) is 2.18. The summed E-state index contributed by atoms with van der Waals surface area (Å²) in [7, 11) is 0. The molecule has 1 aliphatic rings. The van der Waals surface area contributed by atoms with Gasteiger partial charge in [-0.25, -0.2) is 4.98 Å². The molecule has 1 aromatic carbocycles. The van der Waals surface area contributed by atoms with Crippen LogP contribution in [-0.2, 0) is 0 Å². The lowest BCUT2D eigenvalue weighted by Crippen LogP contribution is -2.39. The van der Waals surface area contributed by atoms with Crippen LogP contribution in [0.1, 0.15) is 30.8 Å². The predicted octanol–water partition coefficient (Wildman–Crippen LogP) is 3.88. The third-order valence-electron chi connectivity index (χ3n) is 3.65. The number of hydrogen-bond acceptors (Lipinski definition) is 3. The second kappa shape index (κ2) is 6.12. The van der Waals surface area contributed by atoms with Crippen molar-refractivity contribution in [1.82, 2.24) is 15.2 Å². The fourth-order valence-corrected chi connectivity index (χ4v) is 4.03. The number of para-hydroxylation sites is 1. The minimum Gasteiger partial charge on any atom is -0.359 e. The van der Waals surface area contributed by atoms with E-state index >= 15 is 0 Å². The summed E-state index contributed by atoms with van der Waals surface area (Å²) >= 11 is 7.32. The van der Waals surface area contributed by atoms with Crippen LogP contribution in [0.15, 0.2) is 36.4 Å². The SMILES string of the molecule is C=C(C)CNC(=S)N1CCC[C@H]1c1nc2ccccc2s1. The average molecular weight is 317 g/mol. The standard InChI is InChI=1S/C16H19N3S2/c1-11(2)10-17-16(20)19-9-5-7-13(19)15-18-12-6-3-4-8-14(12)21-15/h3-4,6,8,13H,1,5,7,9-10H2,2H3,(H,17,20)/t13-/m0/s1. The highest BCUT2D eigenvalue weighted by molar-refractivity contribution is 7.80. The van der Waals surface area contributed by atoms with E-state index in [0.29, 0.717) is 6.04 Å². The van der Waals surface area contributed by atoms with E-state index in [1.54, 1.807) is 11.3 Å². The molecule has 1 aromatic heterocycles. The molecule has 0 radical (unpaired) electrons. The number of rotatable bonds is 3. The minimum absolute atomic E-state index is 0.313. The van der Waals surface area contributed by atoms with Gasteiger partial charge in [-0.2, -0.15) is 0 Å². The molecule has 0 bridgehead atoms. The first-order valence-electron chi connectivity index (χ1n) is 7.19.